The molecule has 0 aromatic heterocycles. The van der Waals surface area contributed by atoms with Crippen LogP contribution in [0.1, 0.15) is 331 Å². The Kier molecular flexibility index (Phi) is 56.6. The average molecular weight is 1280 g/mol. The van der Waals surface area contributed by atoms with Gasteiger partial charge in [-0.3, -0.25) is 37.3 Å². The van der Waals surface area contributed by atoms with Crippen molar-refractivity contribution in [1.29, 1.82) is 0 Å². The van der Waals surface area contributed by atoms with Crippen LogP contribution in [0.4, 0.5) is 0 Å². The number of phosphoric acid groups is 2. The second kappa shape index (κ2) is 57.9. The van der Waals surface area contributed by atoms with E-state index in [0.29, 0.717) is 25.7 Å². The number of ether oxygens (including phenoxy) is 4. The molecule has 0 aromatic carbocycles. The van der Waals surface area contributed by atoms with Crippen LogP contribution >= 0.6 is 15.6 Å². The van der Waals surface area contributed by atoms with Crippen molar-refractivity contribution in [1.82, 2.24) is 0 Å². The number of esters is 4. The van der Waals surface area contributed by atoms with Crippen molar-refractivity contribution < 1.29 is 80.2 Å². The Balaban J connectivity index is 5.28. The van der Waals surface area contributed by atoms with Crippen LogP contribution in [0.5, 0.6) is 0 Å². The van der Waals surface area contributed by atoms with Gasteiger partial charge in [0.2, 0.25) is 0 Å². The van der Waals surface area contributed by atoms with E-state index in [-0.39, 0.29) is 25.7 Å². The molecule has 0 aromatic rings. The first kappa shape index (κ1) is 85.1. The third kappa shape index (κ3) is 58.9. The topological polar surface area (TPSA) is 237 Å². The van der Waals surface area contributed by atoms with Gasteiger partial charge < -0.3 is 33.8 Å². The zero-order valence-corrected chi connectivity index (χ0v) is 58.4. The van der Waals surface area contributed by atoms with Crippen LogP contribution in [0.25, 0.3) is 0 Å². The third-order valence-electron chi connectivity index (χ3n) is 16.7. The summed E-state index contributed by atoms with van der Waals surface area (Å²) in [6.45, 7) is 14.1. The summed E-state index contributed by atoms with van der Waals surface area (Å²) in [5, 5.41) is 10.6. The van der Waals surface area contributed by atoms with Gasteiger partial charge in [-0.05, 0) is 49.4 Å². The van der Waals surface area contributed by atoms with Crippen LogP contribution < -0.4 is 0 Å². The summed E-state index contributed by atoms with van der Waals surface area (Å²) in [5.74, 6) is 0.893. The highest BCUT2D eigenvalue weighted by atomic mass is 31.2. The maximum absolute atomic E-state index is 13.0. The largest absolute Gasteiger partial charge is 0.472 e. The van der Waals surface area contributed by atoms with Crippen molar-refractivity contribution >= 4 is 39.5 Å². The van der Waals surface area contributed by atoms with Crippen LogP contribution in [0.3, 0.4) is 0 Å². The van der Waals surface area contributed by atoms with Gasteiger partial charge in [0.05, 0.1) is 26.4 Å². The summed E-state index contributed by atoms with van der Waals surface area (Å²) in [7, 11) is -9.90. The van der Waals surface area contributed by atoms with E-state index in [1.165, 1.54) is 128 Å². The van der Waals surface area contributed by atoms with Crippen molar-refractivity contribution in [2.75, 3.05) is 39.6 Å². The Labute approximate surface area is 530 Å². The monoisotopic (exact) mass is 1280 g/mol. The van der Waals surface area contributed by atoms with Crippen molar-refractivity contribution in [3.8, 4) is 0 Å². The first-order chi connectivity index (χ1) is 41.7. The second-order valence-electron chi connectivity index (χ2n) is 25.8. The van der Waals surface area contributed by atoms with E-state index < -0.39 is 97.5 Å². The van der Waals surface area contributed by atoms with Gasteiger partial charge >= 0.3 is 39.5 Å². The predicted octanol–water partition coefficient (Wildman–Crippen LogP) is 18.9. The molecule has 0 spiro atoms. The van der Waals surface area contributed by atoms with Crippen LogP contribution in [-0.4, -0.2) is 96.7 Å². The third-order valence-corrected chi connectivity index (χ3v) is 18.6. The Bertz CT molecular complexity index is 1740. The standard InChI is InChI=1S/C68H132O17P2/c1-9-59(6)45-37-29-21-16-18-24-34-42-50-67(72)84-63(54-78-65(70)48-40-32-23-15-13-12-14-20-28-36-44-58(4)5)56-82-86(74,75)80-52-62(69)53-81-87(76,77)83-57-64(55-79-66(71)49-41-33-27-26-31-39-47-61(8)11-3)85-68(73)51-43-35-25-19-17-22-30-38-46-60(7)10-2/h58-64,69H,9-57H2,1-8H3,(H,74,75)(H,76,77)/t59?,60?,61?,62-,63-,64-/m1/s1. The van der Waals surface area contributed by atoms with Gasteiger partial charge in [-0.1, -0.05) is 280 Å². The summed E-state index contributed by atoms with van der Waals surface area (Å²) in [6, 6.07) is 0. The van der Waals surface area contributed by atoms with E-state index in [0.717, 1.165) is 120 Å². The van der Waals surface area contributed by atoms with Crippen molar-refractivity contribution in [3.05, 3.63) is 0 Å². The molecule has 0 fully saturated rings. The van der Waals surface area contributed by atoms with Gasteiger partial charge in [-0.15, -0.1) is 0 Å². The smallest absolute Gasteiger partial charge is 0.462 e. The predicted molar refractivity (Wildman–Crippen MR) is 349 cm³/mol. The molecule has 8 atom stereocenters. The van der Waals surface area contributed by atoms with E-state index >= 15 is 0 Å². The van der Waals surface area contributed by atoms with E-state index in [9.17, 15) is 43.2 Å². The number of unbranched alkanes of at least 4 members (excludes halogenated alkanes) is 28. The molecule has 0 aliphatic carbocycles. The van der Waals surface area contributed by atoms with E-state index in [1.807, 2.05) is 0 Å². The minimum atomic E-state index is -4.95. The Morgan fingerprint density at radius 1 is 0.322 bits per heavy atom. The molecule has 3 N–H and O–H groups in total. The fraction of sp³-hybridized carbons (Fsp3) is 0.941. The van der Waals surface area contributed by atoms with Crippen molar-refractivity contribution in [2.45, 2.75) is 350 Å². The highest BCUT2D eigenvalue weighted by molar-refractivity contribution is 7.47. The molecule has 0 amide bonds. The lowest BCUT2D eigenvalue weighted by molar-refractivity contribution is -0.161. The molecule has 0 rings (SSSR count). The van der Waals surface area contributed by atoms with Crippen LogP contribution in [0.2, 0.25) is 0 Å². The lowest BCUT2D eigenvalue weighted by Gasteiger charge is -2.21. The van der Waals surface area contributed by atoms with Crippen molar-refractivity contribution in [2.24, 2.45) is 23.7 Å². The molecular formula is C68H132O17P2. The molecule has 0 heterocycles. The van der Waals surface area contributed by atoms with Crippen LogP contribution in [0, 0.1) is 23.7 Å². The molecule has 516 valence electrons. The molecule has 0 aliphatic heterocycles. The van der Waals surface area contributed by atoms with E-state index in [4.69, 9.17) is 37.0 Å². The van der Waals surface area contributed by atoms with Crippen LogP contribution in [-0.2, 0) is 65.4 Å². The molecule has 0 saturated carbocycles. The number of hydrogen-bond donors (Lipinski definition) is 3. The number of aliphatic hydroxyl groups excluding tert-OH is 1. The molecule has 0 saturated heterocycles. The van der Waals surface area contributed by atoms with Crippen LogP contribution in [0.15, 0.2) is 0 Å². The highest BCUT2D eigenvalue weighted by Crippen LogP contribution is 2.45. The molecule has 5 unspecified atom stereocenters. The van der Waals surface area contributed by atoms with Crippen molar-refractivity contribution in [3.63, 3.8) is 0 Å². The van der Waals surface area contributed by atoms with Gasteiger partial charge in [0.15, 0.2) is 12.2 Å². The van der Waals surface area contributed by atoms with Gasteiger partial charge in [0, 0.05) is 25.7 Å². The lowest BCUT2D eigenvalue weighted by Crippen LogP contribution is -2.30. The molecule has 87 heavy (non-hydrogen) atoms. The second-order valence-corrected chi connectivity index (χ2v) is 28.7. The fourth-order valence-electron chi connectivity index (χ4n) is 10.0. The SMILES string of the molecule is CCC(C)CCCCCCCCCCC(=O)O[C@H](COC(=O)CCCCCCCCCCCCC(C)C)COP(=O)(O)OC[C@@H](O)COP(=O)(O)OC[C@@H](COC(=O)CCCCCCCCC(C)CC)OC(=O)CCCCCCCCCCC(C)CC. The fourth-order valence-corrected chi connectivity index (χ4v) is 11.6. The number of rotatable bonds is 65. The summed E-state index contributed by atoms with van der Waals surface area (Å²) < 4.78 is 68.2. The van der Waals surface area contributed by atoms with E-state index in [1.54, 1.807) is 0 Å². The Morgan fingerprint density at radius 2 is 0.552 bits per heavy atom. The summed E-state index contributed by atoms with van der Waals surface area (Å²) in [5.41, 5.74) is 0. The Morgan fingerprint density at radius 3 is 0.816 bits per heavy atom. The number of aliphatic hydroxyl groups is 1. The highest BCUT2D eigenvalue weighted by Gasteiger charge is 2.30. The summed E-state index contributed by atoms with van der Waals surface area (Å²) in [4.78, 5) is 72.5. The molecular weight excluding hydrogens is 1150 g/mol. The van der Waals surface area contributed by atoms with Gasteiger partial charge in [-0.25, -0.2) is 9.13 Å². The van der Waals surface area contributed by atoms with Gasteiger partial charge in [0.25, 0.3) is 0 Å². The zero-order chi connectivity index (χ0) is 64.7. The normalized spacial score (nSPS) is 15.3. The lowest BCUT2D eigenvalue weighted by atomic mass is 9.99. The molecule has 0 aliphatic rings. The molecule has 17 nitrogen and oxygen atoms in total. The first-order valence-electron chi connectivity index (χ1n) is 35.3. The maximum Gasteiger partial charge on any atom is 0.472 e. The number of hydrogen-bond acceptors (Lipinski definition) is 15. The number of carbonyl (C=O) groups is 4. The first-order valence-corrected chi connectivity index (χ1v) is 38.3. The quantitative estimate of drug-likeness (QED) is 0.0222. The number of carbonyl (C=O) groups excluding carboxylic acids is 4. The Hall–Kier alpha value is -1.94. The van der Waals surface area contributed by atoms with Gasteiger partial charge in [0.1, 0.15) is 19.3 Å². The molecule has 19 heteroatoms. The zero-order valence-electron chi connectivity index (χ0n) is 56.6. The average Bonchev–Trinajstić information content (AvgIpc) is 3.50. The minimum Gasteiger partial charge on any atom is -0.462 e. The summed E-state index contributed by atoms with van der Waals surface area (Å²) >= 11 is 0. The summed E-state index contributed by atoms with van der Waals surface area (Å²) in [6.07, 6.45) is 38.8. The maximum atomic E-state index is 13.0. The van der Waals surface area contributed by atoms with Gasteiger partial charge in [-0.2, -0.15) is 0 Å². The molecule has 0 bridgehead atoms. The minimum absolute atomic E-state index is 0.103. The number of phosphoric ester groups is 2. The molecule has 0 radical (unpaired) electrons. The van der Waals surface area contributed by atoms with E-state index in [2.05, 4.69) is 55.4 Å².